The van der Waals surface area contributed by atoms with Gasteiger partial charge in [0.1, 0.15) is 0 Å². The third kappa shape index (κ3) is 3.56. The van der Waals surface area contributed by atoms with Gasteiger partial charge in [-0.25, -0.2) is 0 Å². The number of nitrogens with one attached hydrogen (secondary N) is 1. The zero-order chi connectivity index (χ0) is 13.0. The van der Waals surface area contributed by atoms with E-state index in [1.54, 1.807) is 0 Å². The van der Waals surface area contributed by atoms with Crippen LogP contribution in [-0.4, -0.2) is 30.1 Å². The van der Waals surface area contributed by atoms with E-state index in [9.17, 15) is 0 Å². The minimum atomic E-state index is 0.212. The van der Waals surface area contributed by atoms with Crippen LogP contribution in [0.3, 0.4) is 0 Å². The molecule has 1 N–H and O–H groups in total. The van der Waals surface area contributed by atoms with E-state index in [0.717, 1.165) is 13.1 Å². The van der Waals surface area contributed by atoms with Crippen LogP contribution >= 0.6 is 0 Å². The molecular weight excluding hydrogens is 220 g/mol. The predicted octanol–water partition coefficient (Wildman–Crippen LogP) is 3.21. The molecule has 0 aliphatic carbocycles. The Morgan fingerprint density at radius 2 is 1.89 bits per heavy atom. The van der Waals surface area contributed by atoms with Crippen molar-refractivity contribution in [2.75, 3.05) is 19.6 Å². The number of nitrogens with zero attached hydrogens (tertiary/aromatic N) is 1. The molecule has 1 atom stereocenters. The maximum absolute atomic E-state index is 3.66. The summed E-state index contributed by atoms with van der Waals surface area (Å²) < 4.78 is 0. The lowest BCUT2D eigenvalue weighted by atomic mass is 9.99. The zero-order valence-electron chi connectivity index (χ0n) is 11.9. The van der Waals surface area contributed by atoms with Crippen LogP contribution in [0.5, 0.6) is 0 Å². The van der Waals surface area contributed by atoms with Gasteiger partial charge in [-0.2, -0.15) is 0 Å². The SMILES string of the molecule is CC(c1ccccc1)N1CCCCNC(C)(C)C1. The van der Waals surface area contributed by atoms with Gasteiger partial charge in [-0.1, -0.05) is 30.3 Å². The average Bonchev–Trinajstić information content (AvgIpc) is 2.34. The number of benzene rings is 1. The zero-order valence-corrected chi connectivity index (χ0v) is 11.9. The van der Waals surface area contributed by atoms with Gasteiger partial charge in [0, 0.05) is 18.1 Å². The summed E-state index contributed by atoms with van der Waals surface area (Å²) in [5.74, 6) is 0. The van der Waals surface area contributed by atoms with Gasteiger partial charge in [0.2, 0.25) is 0 Å². The topological polar surface area (TPSA) is 15.3 Å². The van der Waals surface area contributed by atoms with E-state index in [1.807, 2.05) is 0 Å². The summed E-state index contributed by atoms with van der Waals surface area (Å²) in [7, 11) is 0. The Morgan fingerprint density at radius 3 is 2.61 bits per heavy atom. The first-order chi connectivity index (χ1) is 8.58. The highest BCUT2D eigenvalue weighted by Gasteiger charge is 2.26. The summed E-state index contributed by atoms with van der Waals surface area (Å²) in [6, 6.07) is 11.4. The van der Waals surface area contributed by atoms with Gasteiger partial charge in [-0.15, -0.1) is 0 Å². The van der Waals surface area contributed by atoms with E-state index < -0.39 is 0 Å². The molecule has 0 saturated carbocycles. The van der Waals surface area contributed by atoms with E-state index in [4.69, 9.17) is 0 Å². The van der Waals surface area contributed by atoms with Crippen molar-refractivity contribution in [1.82, 2.24) is 10.2 Å². The van der Waals surface area contributed by atoms with Crippen molar-refractivity contribution in [3.63, 3.8) is 0 Å². The van der Waals surface area contributed by atoms with Crippen molar-refractivity contribution < 1.29 is 0 Å². The molecule has 100 valence electrons. The van der Waals surface area contributed by atoms with E-state index >= 15 is 0 Å². The number of hydrogen-bond acceptors (Lipinski definition) is 2. The van der Waals surface area contributed by atoms with E-state index in [0.29, 0.717) is 6.04 Å². The van der Waals surface area contributed by atoms with Crippen LogP contribution in [-0.2, 0) is 0 Å². The fourth-order valence-corrected chi connectivity index (χ4v) is 2.78. The Kier molecular flexibility index (Phi) is 4.41. The Balaban J connectivity index is 2.09. The van der Waals surface area contributed by atoms with E-state index in [-0.39, 0.29) is 5.54 Å². The number of rotatable bonds is 2. The quantitative estimate of drug-likeness (QED) is 0.862. The molecule has 1 aliphatic heterocycles. The summed E-state index contributed by atoms with van der Waals surface area (Å²) in [6.45, 7) is 10.4. The lowest BCUT2D eigenvalue weighted by Gasteiger charge is -2.39. The second-order valence-electron chi connectivity index (χ2n) is 6.07. The molecule has 0 aromatic heterocycles. The van der Waals surface area contributed by atoms with Gasteiger partial charge in [0.05, 0.1) is 0 Å². The maximum atomic E-state index is 3.66. The van der Waals surface area contributed by atoms with Crippen molar-refractivity contribution in [1.29, 1.82) is 0 Å². The Hall–Kier alpha value is -0.860. The van der Waals surface area contributed by atoms with Gasteiger partial charge >= 0.3 is 0 Å². The highest BCUT2D eigenvalue weighted by atomic mass is 15.2. The van der Waals surface area contributed by atoms with E-state index in [1.165, 1.54) is 24.9 Å². The molecule has 1 unspecified atom stereocenters. The monoisotopic (exact) mass is 246 g/mol. The molecule has 2 nitrogen and oxygen atoms in total. The molecule has 0 bridgehead atoms. The maximum Gasteiger partial charge on any atom is 0.0320 e. The summed E-state index contributed by atoms with van der Waals surface area (Å²) in [5.41, 5.74) is 1.64. The Bertz CT molecular complexity index is 359. The van der Waals surface area contributed by atoms with Crippen LogP contribution in [0.25, 0.3) is 0 Å². The summed E-state index contributed by atoms with van der Waals surface area (Å²) in [5, 5.41) is 3.66. The molecule has 1 aromatic rings. The smallest absolute Gasteiger partial charge is 0.0320 e. The first kappa shape index (κ1) is 13.6. The molecule has 1 saturated heterocycles. The first-order valence-corrected chi connectivity index (χ1v) is 7.12. The second kappa shape index (κ2) is 5.85. The van der Waals surface area contributed by atoms with Crippen LogP contribution in [0, 0.1) is 0 Å². The molecular formula is C16H26N2. The van der Waals surface area contributed by atoms with Crippen molar-refractivity contribution in [2.45, 2.75) is 45.2 Å². The van der Waals surface area contributed by atoms with Crippen LogP contribution in [0.2, 0.25) is 0 Å². The second-order valence-corrected chi connectivity index (χ2v) is 6.07. The summed E-state index contributed by atoms with van der Waals surface area (Å²) in [6.07, 6.45) is 2.57. The van der Waals surface area contributed by atoms with Crippen molar-refractivity contribution in [3.8, 4) is 0 Å². The van der Waals surface area contributed by atoms with E-state index in [2.05, 4.69) is 61.3 Å². The average molecular weight is 246 g/mol. The third-order valence-corrected chi connectivity index (χ3v) is 3.90. The minimum Gasteiger partial charge on any atom is -0.311 e. The van der Waals surface area contributed by atoms with Crippen molar-refractivity contribution in [2.24, 2.45) is 0 Å². The molecule has 1 heterocycles. The molecule has 0 spiro atoms. The molecule has 0 amide bonds. The third-order valence-electron chi connectivity index (χ3n) is 3.90. The summed E-state index contributed by atoms with van der Waals surface area (Å²) >= 11 is 0. The standard InChI is InChI=1S/C16H26N2/c1-14(15-9-5-4-6-10-15)18-12-8-7-11-17-16(2,3)13-18/h4-6,9-10,14,17H,7-8,11-13H2,1-3H3. The summed E-state index contributed by atoms with van der Waals surface area (Å²) in [4.78, 5) is 2.61. The van der Waals surface area contributed by atoms with Gasteiger partial charge in [-0.3, -0.25) is 4.90 Å². The number of hydrogen-bond donors (Lipinski definition) is 1. The fraction of sp³-hybridized carbons (Fsp3) is 0.625. The van der Waals surface area contributed by atoms with Gasteiger partial charge < -0.3 is 5.32 Å². The lowest BCUT2D eigenvalue weighted by molar-refractivity contribution is 0.140. The van der Waals surface area contributed by atoms with Crippen molar-refractivity contribution in [3.05, 3.63) is 35.9 Å². The molecule has 2 heteroatoms. The molecule has 0 radical (unpaired) electrons. The molecule has 1 aliphatic rings. The normalized spacial score (nSPS) is 23.1. The van der Waals surface area contributed by atoms with Crippen LogP contribution in [0.4, 0.5) is 0 Å². The van der Waals surface area contributed by atoms with Crippen LogP contribution < -0.4 is 5.32 Å². The van der Waals surface area contributed by atoms with Gasteiger partial charge in [0.15, 0.2) is 0 Å². The Morgan fingerprint density at radius 1 is 1.17 bits per heavy atom. The molecule has 1 aromatic carbocycles. The molecule has 1 fully saturated rings. The van der Waals surface area contributed by atoms with Crippen LogP contribution in [0.15, 0.2) is 30.3 Å². The fourth-order valence-electron chi connectivity index (χ4n) is 2.78. The predicted molar refractivity (Wildman–Crippen MR) is 77.7 cm³/mol. The minimum absolute atomic E-state index is 0.212. The molecule has 18 heavy (non-hydrogen) atoms. The van der Waals surface area contributed by atoms with Crippen LogP contribution in [0.1, 0.15) is 45.2 Å². The highest BCUT2D eigenvalue weighted by Crippen LogP contribution is 2.23. The van der Waals surface area contributed by atoms with Crippen molar-refractivity contribution >= 4 is 0 Å². The largest absolute Gasteiger partial charge is 0.311 e. The molecule has 2 rings (SSSR count). The Labute approximate surface area is 111 Å². The van der Waals surface area contributed by atoms with Gasteiger partial charge in [-0.05, 0) is 52.3 Å². The highest BCUT2D eigenvalue weighted by molar-refractivity contribution is 5.18. The first-order valence-electron chi connectivity index (χ1n) is 7.12. The van der Waals surface area contributed by atoms with Gasteiger partial charge in [0.25, 0.3) is 0 Å². The lowest BCUT2D eigenvalue weighted by Crippen LogP contribution is -2.51.